The largest absolute Gasteiger partial charge is 0.293 e. The molecule has 1 heterocycles. The molecular weight excluding hydrogens is 236 g/mol. The van der Waals surface area contributed by atoms with E-state index in [0.717, 1.165) is 5.56 Å². The van der Waals surface area contributed by atoms with Crippen molar-refractivity contribution < 1.29 is 4.79 Å². The van der Waals surface area contributed by atoms with E-state index in [2.05, 4.69) is 9.97 Å². The topological polar surface area (TPSA) is 42.9 Å². The first-order chi connectivity index (χ1) is 8.89. The van der Waals surface area contributed by atoms with Gasteiger partial charge in [0.05, 0.1) is 11.3 Å². The fourth-order valence-corrected chi connectivity index (χ4v) is 1.86. The van der Waals surface area contributed by atoms with Gasteiger partial charge in [0.2, 0.25) is 0 Å². The number of aromatic nitrogens is 2. The summed E-state index contributed by atoms with van der Waals surface area (Å²) < 4.78 is 0. The summed E-state index contributed by atoms with van der Waals surface area (Å²) in [5.41, 5.74) is 1.81. The highest BCUT2D eigenvalue weighted by atomic mass is 16.1. The molecule has 0 amide bonds. The Morgan fingerprint density at radius 2 is 1.74 bits per heavy atom. The van der Waals surface area contributed by atoms with E-state index in [0.29, 0.717) is 17.1 Å². The predicted octanol–water partition coefficient (Wildman–Crippen LogP) is 3.68. The summed E-state index contributed by atoms with van der Waals surface area (Å²) in [5, 5.41) is 0. The summed E-state index contributed by atoms with van der Waals surface area (Å²) >= 11 is 0. The number of hydrogen-bond donors (Lipinski definition) is 0. The number of ketones is 1. The van der Waals surface area contributed by atoms with Crippen molar-refractivity contribution in [2.24, 2.45) is 5.41 Å². The van der Waals surface area contributed by atoms with Crippen LogP contribution in [0.5, 0.6) is 0 Å². The van der Waals surface area contributed by atoms with Gasteiger partial charge >= 0.3 is 0 Å². The monoisotopic (exact) mass is 254 g/mol. The highest BCUT2D eigenvalue weighted by molar-refractivity contribution is 6.04. The third-order valence-corrected chi connectivity index (χ3v) is 2.88. The fourth-order valence-electron chi connectivity index (χ4n) is 1.86. The zero-order valence-electron chi connectivity index (χ0n) is 11.8. The maximum atomic E-state index is 12.5. The van der Waals surface area contributed by atoms with Gasteiger partial charge in [-0.1, -0.05) is 51.1 Å². The fraction of sp³-hybridized carbons (Fsp3) is 0.312. The Kier molecular flexibility index (Phi) is 3.47. The lowest BCUT2D eigenvalue weighted by Gasteiger charge is -2.18. The maximum Gasteiger partial charge on any atom is 0.171 e. The van der Waals surface area contributed by atoms with Gasteiger partial charge < -0.3 is 0 Å². The Labute approximate surface area is 113 Å². The van der Waals surface area contributed by atoms with Crippen LogP contribution in [0.25, 0.3) is 11.3 Å². The van der Waals surface area contributed by atoms with Crippen molar-refractivity contribution in [2.45, 2.75) is 27.7 Å². The summed E-state index contributed by atoms with van der Waals surface area (Å²) in [5.74, 6) is 0.732. The van der Waals surface area contributed by atoms with E-state index in [1.165, 1.54) is 0 Å². The summed E-state index contributed by atoms with van der Waals surface area (Å²) in [6, 6.07) is 9.75. The third-order valence-electron chi connectivity index (χ3n) is 2.88. The predicted molar refractivity (Wildman–Crippen MR) is 76.0 cm³/mol. The summed E-state index contributed by atoms with van der Waals surface area (Å²) in [4.78, 5) is 21.1. The maximum absolute atomic E-state index is 12.5. The van der Waals surface area contributed by atoms with Gasteiger partial charge in [-0.25, -0.2) is 9.97 Å². The van der Waals surface area contributed by atoms with Gasteiger partial charge in [0, 0.05) is 17.2 Å². The second-order valence-corrected chi connectivity index (χ2v) is 5.62. The first kappa shape index (κ1) is 13.4. The number of nitrogens with zero attached hydrogens (tertiary/aromatic N) is 2. The van der Waals surface area contributed by atoms with Crippen LogP contribution in [0.15, 0.2) is 36.5 Å². The van der Waals surface area contributed by atoms with Crippen molar-refractivity contribution in [3.05, 3.63) is 47.9 Å². The van der Waals surface area contributed by atoms with E-state index < -0.39 is 5.41 Å². The van der Waals surface area contributed by atoms with Crippen LogP contribution in [0, 0.1) is 12.3 Å². The molecule has 0 radical (unpaired) electrons. The Morgan fingerprint density at radius 3 is 2.32 bits per heavy atom. The number of carbonyl (C=O) groups excluding carboxylic acids is 1. The molecule has 0 saturated carbocycles. The van der Waals surface area contributed by atoms with Crippen LogP contribution in [0.2, 0.25) is 0 Å². The zero-order chi connectivity index (χ0) is 14.0. The molecule has 0 saturated heterocycles. The lowest BCUT2D eigenvalue weighted by Crippen LogP contribution is -2.21. The summed E-state index contributed by atoms with van der Waals surface area (Å²) in [6.07, 6.45) is 1.64. The second kappa shape index (κ2) is 4.92. The normalized spacial score (nSPS) is 11.4. The van der Waals surface area contributed by atoms with E-state index in [1.54, 1.807) is 6.20 Å². The highest BCUT2D eigenvalue weighted by Crippen LogP contribution is 2.27. The smallest absolute Gasteiger partial charge is 0.171 e. The standard InChI is InChI=1S/C16H18N2O/c1-11-17-10-13(15(19)16(2,3)4)14(18-11)12-8-6-5-7-9-12/h5-10H,1-4H3. The Morgan fingerprint density at radius 1 is 1.11 bits per heavy atom. The molecule has 98 valence electrons. The molecule has 0 unspecified atom stereocenters. The van der Waals surface area contributed by atoms with Gasteiger partial charge in [0.25, 0.3) is 0 Å². The third kappa shape index (κ3) is 2.87. The summed E-state index contributed by atoms with van der Waals surface area (Å²) in [6.45, 7) is 7.55. The molecule has 1 aromatic heterocycles. The molecule has 2 aromatic rings. The molecule has 3 heteroatoms. The van der Waals surface area contributed by atoms with Crippen molar-refractivity contribution in [3.8, 4) is 11.3 Å². The van der Waals surface area contributed by atoms with Crippen molar-refractivity contribution in [2.75, 3.05) is 0 Å². The minimum Gasteiger partial charge on any atom is -0.293 e. The SMILES string of the molecule is Cc1ncc(C(=O)C(C)(C)C)c(-c2ccccc2)n1. The van der Waals surface area contributed by atoms with Gasteiger partial charge in [-0.15, -0.1) is 0 Å². The summed E-state index contributed by atoms with van der Waals surface area (Å²) in [7, 11) is 0. The molecule has 0 aliphatic carbocycles. The molecule has 0 bridgehead atoms. The number of aryl methyl sites for hydroxylation is 1. The van der Waals surface area contributed by atoms with Crippen LogP contribution in [-0.4, -0.2) is 15.8 Å². The van der Waals surface area contributed by atoms with Crippen molar-refractivity contribution in [1.29, 1.82) is 0 Å². The Balaban J connectivity index is 2.61. The number of hydrogen-bond acceptors (Lipinski definition) is 3. The first-order valence-corrected chi connectivity index (χ1v) is 6.33. The average Bonchev–Trinajstić information content (AvgIpc) is 2.38. The van der Waals surface area contributed by atoms with Crippen molar-refractivity contribution in [1.82, 2.24) is 9.97 Å². The minimum atomic E-state index is -0.442. The van der Waals surface area contributed by atoms with E-state index in [4.69, 9.17) is 0 Å². The van der Waals surface area contributed by atoms with Crippen LogP contribution >= 0.6 is 0 Å². The van der Waals surface area contributed by atoms with Crippen LogP contribution in [0.4, 0.5) is 0 Å². The lowest BCUT2D eigenvalue weighted by molar-refractivity contribution is 0.0858. The molecule has 0 aliphatic heterocycles. The van der Waals surface area contributed by atoms with Crippen molar-refractivity contribution >= 4 is 5.78 Å². The van der Waals surface area contributed by atoms with Crippen LogP contribution in [0.1, 0.15) is 37.0 Å². The molecular formula is C16H18N2O. The molecule has 1 aromatic carbocycles. The number of Topliss-reactive ketones (excluding diaryl/α,β-unsaturated/α-hetero) is 1. The Bertz CT molecular complexity index is 598. The molecule has 19 heavy (non-hydrogen) atoms. The quantitative estimate of drug-likeness (QED) is 0.768. The van der Waals surface area contributed by atoms with Gasteiger partial charge in [-0.3, -0.25) is 4.79 Å². The first-order valence-electron chi connectivity index (χ1n) is 6.33. The average molecular weight is 254 g/mol. The zero-order valence-corrected chi connectivity index (χ0v) is 11.8. The van der Waals surface area contributed by atoms with Gasteiger partial charge in [-0.2, -0.15) is 0 Å². The minimum absolute atomic E-state index is 0.0614. The lowest BCUT2D eigenvalue weighted by atomic mass is 9.85. The second-order valence-electron chi connectivity index (χ2n) is 5.62. The number of rotatable bonds is 2. The van der Waals surface area contributed by atoms with E-state index in [-0.39, 0.29) is 5.78 Å². The van der Waals surface area contributed by atoms with Crippen LogP contribution < -0.4 is 0 Å². The molecule has 0 atom stereocenters. The van der Waals surface area contributed by atoms with E-state index in [9.17, 15) is 4.79 Å². The molecule has 0 N–H and O–H groups in total. The van der Waals surface area contributed by atoms with E-state index >= 15 is 0 Å². The Hall–Kier alpha value is -2.03. The van der Waals surface area contributed by atoms with E-state index in [1.807, 2.05) is 58.0 Å². The van der Waals surface area contributed by atoms with Crippen molar-refractivity contribution in [3.63, 3.8) is 0 Å². The molecule has 2 rings (SSSR count). The van der Waals surface area contributed by atoms with Gasteiger partial charge in [0.1, 0.15) is 5.82 Å². The molecule has 0 fully saturated rings. The van der Waals surface area contributed by atoms with Crippen LogP contribution in [0.3, 0.4) is 0 Å². The molecule has 3 nitrogen and oxygen atoms in total. The number of benzene rings is 1. The highest BCUT2D eigenvalue weighted by Gasteiger charge is 2.26. The van der Waals surface area contributed by atoms with Gasteiger partial charge in [-0.05, 0) is 6.92 Å². The molecule has 0 aliphatic rings. The number of carbonyl (C=O) groups is 1. The molecule has 0 spiro atoms. The van der Waals surface area contributed by atoms with Gasteiger partial charge in [0.15, 0.2) is 5.78 Å². The van der Waals surface area contributed by atoms with Crippen LogP contribution in [-0.2, 0) is 0 Å².